The molecule has 0 aromatic heterocycles. The third kappa shape index (κ3) is 6.52. The van der Waals surface area contributed by atoms with E-state index < -0.39 is 0 Å². The first-order valence-corrected chi connectivity index (χ1v) is 29.4. The number of para-hydroxylation sites is 4. The molecule has 0 radical (unpaired) electrons. The fourth-order valence-corrected chi connectivity index (χ4v) is 17.5. The fraction of sp³-hybridized carbons (Fsp3) is 0.0833. The minimum Gasteiger partial charge on any atom is -0.457 e. The molecule has 0 spiro atoms. The zero-order valence-corrected chi connectivity index (χ0v) is 46.3. The molecule has 0 bridgehead atoms. The molecule has 11 aromatic carbocycles. The highest BCUT2D eigenvalue weighted by molar-refractivity contribution is 8.00. The Morgan fingerprint density at radius 2 is 0.725 bits per heavy atom. The lowest BCUT2D eigenvalue weighted by molar-refractivity contribution is 0.480. The number of hydrogen-bond acceptors (Lipinski definition) is 6. The molecule has 6 aliphatic rings. The Labute approximate surface area is 476 Å². The van der Waals surface area contributed by atoms with Crippen molar-refractivity contribution < 1.29 is 9.47 Å². The average molecular weight is 1060 g/mol. The Hall–Kier alpha value is -8.55. The van der Waals surface area contributed by atoms with Crippen LogP contribution in [0.1, 0.15) is 49.9 Å². The monoisotopic (exact) mass is 1060 g/mol. The van der Waals surface area contributed by atoms with E-state index in [1.54, 1.807) is 0 Å². The van der Waals surface area contributed by atoms with Gasteiger partial charge in [-0.3, -0.25) is 0 Å². The SMILES string of the molecule is CC1(C)c2cc(Oc3ccccc3)ccc2-c2cc3c4c(c21)Sc1ccccc1B4c1cc2c(cc1N3c1ccccc1)N(c1ccccc1)c1cc3c(c4c1B2c1ccccc1S4)C(C)(C)c1cc(Oc2ccccc2)ccc1-3. The van der Waals surface area contributed by atoms with Gasteiger partial charge in [-0.1, -0.05) is 190 Å². The molecule has 11 aromatic rings. The van der Waals surface area contributed by atoms with Gasteiger partial charge in [-0.15, -0.1) is 0 Å². The maximum Gasteiger partial charge on any atom is 0.249 e. The molecule has 0 saturated carbocycles. The van der Waals surface area contributed by atoms with E-state index in [1.807, 2.05) is 84.2 Å². The van der Waals surface area contributed by atoms with Gasteiger partial charge in [0.25, 0.3) is 0 Å². The lowest BCUT2D eigenvalue weighted by Gasteiger charge is -2.45. The first-order chi connectivity index (χ1) is 39.2. The summed E-state index contributed by atoms with van der Waals surface area (Å²) in [5.41, 5.74) is 25.1. The van der Waals surface area contributed by atoms with E-state index in [9.17, 15) is 0 Å². The van der Waals surface area contributed by atoms with Gasteiger partial charge in [-0.2, -0.15) is 0 Å². The highest BCUT2D eigenvalue weighted by Gasteiger charge is 2.51. The molecular formula is C72H50B2N2O2S2. The molecule has 4 nitrogen and oxygen atoms in total. The van der Waals surface area contributed by atoms with Crippen molar-refractivity contribution in [3.8, 4) is 45.3 Å². The first-order valence-electron chi connectivity index (χ1n) is 27.8. The van der Waals surface area contributed by atoms with E-state index in [-0.39, 0.29) is 24.3 Å². The number of rotatable bonds is 6. The van der Waals surface area contributed by atoms with Crippen LogP contribution in [0.2, 0.25) is 0 Å². The second-order valence-electron chi connectivity index (χ2n) is 23.1. The average Bonchev–Trinajstić information content (AvgIpc) is 2.43. The molecule has 17 rings (SSSR count). The fourth-order valence-electron chi connectivity index (χ4n) is 14.6. The molecule has 4 heterocycles. The Morgan fingerprint density at radius 3 is 1.15 bits per heavy atom. The van der Waals surface area contributed by atoms with Crippen LogP contribution < -0.4 is 52.1 Å². The maximum absolute atomic E-state index is 6.56. The summed E-state index contributed by atoms with van der Waals surface area (Å²) in [4.78, 5) is 10.6. The summed E-state index contributed by atoms with van der Waals surface area (Å²) in [6, 6.07) is 84.8. The smallest absolute Gasteiger partial charge is 0.249 e. The first kappa shape index (κ1) is 46.4. The van der Waals surface area contributed by atoms with Gasteiger partial charge in [0.05, 0.1) is 0 Å². The lowest BCUT2D eigenvalue weighted by Crippen LogP contribution is -2.64. The van der Waals surface area contributed by atoms with Crippen LogP contribution in [0.25, 0.3) is 22.3 Å². The Balaban J connectivity index is 0.929. The highest BCUT2D eigenvalue weighted by Crippen LogP contribution is 2.59. The Morgan fingerprint density at radius 1 is 0.338 bits per heavy atom. The lowest BCUT2D eigenvalue weighted by atomic mass is 9.31. The summed E-state index contributed by atoms with van der Waals surface area (Å²) in [5.74, 6) is 3.37. The maximum atomic E-state index is 6.56. The van der Waals surface area contributed by atoms with Crippen LogP contribution in [-0.4, -0.2) is 13.4 Å². The number of fused-ring (bicyclic) bond motifs is 16. The van der Waals surface area contributed by atoms with Gasteiger partial charge >= 0.3 is 0 Å². The molecule has 8 heteroatoms. The molecule has 80 heavy (non-hydrogen) atoms. The van der Waals surface area contributed by atoms with E-state index >= 15 is 0 Å². The predicted molar refractivity (Wildman–Crippen MR) is 334 cm³/mol. The number of anilines is 6. The van der Waals surface area contributed by atoms with Crippen molar-refractivity contribution in [2.24, 2.45) is 0 Å². The third-order valence-electron chi connectivity index (χ3n) is 18.0. The Kier molecular flexibility index (Phi) is 9.84. The number of benzene rings is 11. The van der Waals surface area contributed by atoms with Gasteiger partial charge in [0.15, 0.2) is 0 Å². The van der Waals surface area contributed by atoms with Crippen LogP contribution in [0.4, 0.5) is 34.1 Å². The third-order valence-corrected chi connectivity index (χ3v) is 20.4. The highest BCUT2D eigenvalue weighted by atomic mass is 32.2. The van der Waals surface area contributed by atoms with Crippen LogP contribution in [0.3, 0.4) is 0 Å². The molecular weight excluding hydrogens is 1010 g/mol. The molecule has 0 unspecified atom stereocenters. The van der Waals surface area contributed by atoms with Gasteiger partial charge in [-0.25, -0.2) is 0 Å². The van der Waals surface area contributed by atoms with Gasteiger partial charge < -0.3 is 19.3 Å². The van der Waals surface area contributed by atoms with Gasteiger partial charge in [-0.05, 0) is 169 Å². The number of ether oxygens (including phenoxy) is 2. The van der Waals surface area contributed by atoms with Crippen LogP contribution >= 0.6 is 23.5 Å². The van der Waals surface area contributed by atoms with E-state index in [2.05, 4.69) is 207 Å². The van der Waals surface area contributed by atoms with E-state index in [1.165, 1.54) is 120 Å². The van der Waals surface area contributed by atoms with Crippen LogP contribution in [0, 0.1) is 0 Å². The standard InChI is InChI=1S/C72H50B2N2O2S2/c1-71(2)53-37-47(77-45-25-13-7-14-26-45)33-35-49(53)51-39-61-67-69(65(51)71)79-63-31-19-17-29-55(63)73(67)57-41-58-60(42-59(57)75(61)43-21-9-5-10-22-43)76(44-23-11-6-12-24-44)62-40-52-50-36-34-48(78-46-27-15-8-16-28-46)38-54(50)72(3,4)66(52)70-68(62)74(58)56-30-18-20-32-64(56)80-70/h5-42H,1-4H3. The van der Waals surface area contributed by atoms with Crippen LogP contribution in [-0.2, 0) is 10.8 Å². The molecule has 0 fully saturated rings. The summed E-state index contributed by atoms with van der Waals surface area (Å²) >= 11 is 3.92. The number of nitrogens with zero attached hydrogens (tertiary/aromatic N) is 2. The quantitative estimate of drug-likeness (QED) is 0.154. The summed E-state index contributed by atoms with van der Waals surface area (Å²) in [6.07, 6.45) is 0. The van der Waals surface area contributed by atoms with Crippen LogP contribution in [0.15, 0.2) is 250 Å². The van der Waals surface area contributed by atoms with E-state index in [0.29, 0.717) is 0 Å². The van der Waals surface area contributed by atoms with E-state index in [0.717, 1.165) is 34.4 Å². The molecule has 4 aliphatic heterocycles. The second-order valence-corrected chi connectivity index (χ2v) is 25.2. The van der Waals surface area contributed by atoms with E-state index in [4.69, 9.17) is 9.47 Å². The van der Waals surface area contributed by atoms with Gasteiger partial charge in [0.2, 0.25) is 13.4 Å². The minimum atomic E-state index is -0.313. The summed E-state index contributed by atoms with van der Waals surface area (Å²) in [6.45, 7) is 9.63. The van der Waals surface area contributed by atoms with Crippen molar-refractivity contribution in [2.75, 3.05) is 9.80 Å². The summed E-state index contributed by atoms with van der Waals surface area (Å²) in [5, 5.41) is 0. The zero-order valence-electron chi connectivity index (χ0n) is 44.6. The molecule has 0 saturated heterocycles. The van der Waals surface area contributed by atoms with Crippen LogP contribution in [0.5, 0.6) is 23.0 Å². The minimum absolute atomic E-state index is 0.0282. The Bertz CT molecular complexity index is 4170. The molecule has 0 amide bonds. The second kappa shape index (κ2) is 17.0. The van der Waals surface area contributed by atoms with Gasteiger partial charge in [0.1, 0.15) is 23.0 Å². The van der Waals surface area contributed by atoms with Crippen molar-refractivity contribution >= 4 is 104 Å². The molecule has 0 N–H and O–H groups in total. The van der Waals surface area contributed by atoms with Crippen molar-refractivity contribution in [3.63, 3.8) is 0 Å². The summed E-state index contributed by atoms with van der Waals surface area (Å²) in [7, 11) is 0. The normalized spacial score (nSPS) is 15.2. The molecule has 0 atom stereocenters. The summed E-state index contributed by atoms with van der Waals surface area (Å²) < 4.78 is 13.1. The van der Waals surface area contributed by atoms with Crippen molar-refractivity contribution in [1.29, 1.82) is 0 Å². The molecule has 378 valence electrons. The van der Waals surface area contributed by atoms with Gasteiger partial charge in [0, 0.05) is 64.5 Å². The van der Waals surface area contributed by atoms with Crippen molar-refractivity contribution in [1.82, 2.24) is 0 Å². The van der Waals surface area contributed by atoms with Crippen molar-refractivity contribution in [3.05, 3.63) is 253 Å². The predicted octanol–water partition coefficient (Wildman–Crippen LogP) is 15.4. The van der Waals surface area contributed by atoms with Crippen molar-refractivity contribution in [2.45, 2.75) is 58.1 Å². The molecule has 2 aliphatic carbocycles. The largest absolute Gasteiger partial charge is 0.457 e. The zero-order chi connectivity index (χ0) is 53.2. The number of hydrogen-bond donors (Lipinski definition) is 0. The topological polar surface area (TPSA) is 24.9 Å².